The molecule has 4 heteroatoms. The van der Waals surface area contributed by atoms with E-state index in [1.807, 2.05) is 36.5 Å². The molecule has 0 spiro atoms. The zero-order valence-corrected chi connectivity index (χ0v) is 9.37. The van der Waals surface area contributed by atoms with Crippen molar-refractivity contribution < 1.29 is 0 Å². The van der Waals surface area contributed by atoms with Crippen molar-refractivity contribution in [2.45, 2.75) is 12.5 Å². The minimum Gasteiger partial charge on any atom is -0.364 e. The maximum absolute atomic E-state index is 5.19. The first-order valence-corrected chi connectivity index (χ1v) is 5.32. The molecule has 0 amide bonds. The Morgan fingerprint density at radius 1 is 1.47 bits per heavy atom. The highest BCUT2D eigenvalue weighted by Crippen LogP contribution is 2.27. The monoisotopic (exact) mass is 219 g/mol. The smallest absolute Gasteiger partial charge is 0.189 e. The van der Waals surface area contributed by atoms with Crippen LogP contribution < -0.4 is 5.32 Å². The second-order valence-corrected chi connectivity index (χ2v) is 3.75. The van der Waals surface area contributed by atoms with Gasteiger partial charge in [0.05, 0.1) is 6.04 Å². The average Bonchev–Trinajstić information content (AvgIpc) is 2.78. The van der Waals surface area contributed by atoms with Gasteiger partial charge < -0.3 is 5.32 Å². The molecule has 1 atom stereocenters. The first-order chi connectivity index (χ1) is 7.33. The fraction of sp³-hybridized carbons (Fsp3) is 0.273. The van der Waals surface area contributed by atoms with Crippen molar-refractivity contribution >= 4 is 23.5 Å². The molecule has 1 N–H and O–H groups in total. The molecule has 0 saturated carbocycles. The summed E-state index contributed by atoms with van der Waals surface area (Å²) in [7, 11) is 1.82. The Morgan fingerprint density at radius 2 is 2.20 bits per heavy atom. The molecule has 0 bridgehead atoms. The number of hydrogen-bond acceptors (Lipinski definition) is 2. The summed E-state index contributed by atoms with van der Waals surface area (Å²) >= 11 is 5.19. The molecule has 3 nitrogen and oxygen atoms in total. The third kappa shape index (κ3) is 1.99. The number of hydrogen-bond donors (Lipinski definition) is 1. The largest absolute Gasteiger partial charge is 0.364 e. The van der Waals surface area contributed by atoms with E-state index in [1.165, 1.54) is 5.56 Å². The highest BCUT2D eigenvalue weighted by Gasteiger charge is 2.24. The summed E-state index contributed by atoms with van der Waals surface area (Å²) in [4.78, 5) is 0. The summed E-state index contributed by atoms with van der Waals surface area (Å²) in [5, 5.41) is 9.74. The number of hydrazone groups is 1. The minimum absolute atomic E-state index is 0.242. The van der Waals surface area contributed by atoms with Crippen LogP contribution in [0, 0.1) is 0 Å². The van der Waals surface area contributed by atoms with Crippen LogP contribution in [-0.2, 0) is 0 Å². The van der Waals surface area contributed by atoms with Crippen LogP contribution in [0.25, 0.3) is 0 Å². The van der Waals surface area contributed by atoms with E-state index in [0.717, 1.165) is 6.42 Å². The van der Waals surface area contributed by atoms with Gasteiger partial charge in [0.2, 0.25) is 0 Å². The van der Waals surface area contributed by atoms with Gasteiger partial charge >= 0.3 is 0 Å². The molecule has 15 heavy (non-hydrogen) atoms. The summed E-state index contributed by atoms with van der Waals surface area (Å²) in [6, 6.07) is 10.5. The number of rotatable bonds is 1. The molecular formula is C11H13N3S. The Balaban J connectivity index is 2.21. The SMILES string of the molecule is CNC(=S)N1N=CCC1c1ccccc1. The van der Waals surface area contributed by atoms with Gasteiger partial charge in [-0.1, -0.05) is 30.3 Å². The molecule has 0 saturated heterocycles. The van der Waals surface area contributed by atoms with E-state index < -0.39 is 0 Å². The van der Waals surface area contributed by atoms with Crippen molar-refractivity contribution in [3.63, 3.8) is 0 Å². The predicted octanol–water partition coefficient (Wildman–Crippen LogP) is 1.92. The first kappa shape index (κ1) is 10.1. The molecular weight excluding hydrogens is 206 g/mol. The fourth-order valence-electron chi connectivity index (χ4n) is 1.68. The van der Waals surface area contributed by atoms with Gasteiger partial charge in [-0.3, -0.25) is 0 Å². The molecule has 1 unspecified atom stereocenters. The minimum atomic E-state index is 0.242. The van der Waals surface area contributed by atoms with Crippen molar-refractivity contribution in [1.82, 2.24) is 10.3 Å². The van der Waals surface area contributed by atoms with Gasteiger partial charge in [-0.2, -0.15) is 5.10 Å². The predicted molar refractivity (Wildman–Crippen MR) is 65.8 cm³/mol. The fourth-order valence-corrected chi connectivity index (χ4v) is 1.85. The van der Waals surface area contributed by atoms with Crippen LogP contribution in [0.2, 0.25) is 0 Å². The van der Waals surface area contributed by atoms with Gasteiger partial charge in [0.25, 0.3) is 0 Å². The molecule has 1 aromatic carbocycles. The van der Waals surface area contributed by atoms with Crippen LogP contribution in [0.15, 0.2) is 35.4 Å². The zero-order valence-electron chi connectivity index (χ0n) is 8.55. The lowest BCUT2D eigenvalue weighted by Crippen LogP contribution is -2.34. The van der Waals surface area contributed by atoms with Crippen LogP contribution in [0.3, 0.4) is 0 Å². The van der Waals surface area contributed by atoms with Gasteiger partial charge in [-0.25, -0.2) is 5.01 Å². The maximum atomic E-state index is 5.19. The lowest BCUT2D eigenvalue weighted by molar-refractivity contribution is 0.367. The highest BCUT2D eigenvalue weighted by molar-refractivity contribution is 7.80. The van der Waals surface area contributed by atoms with Crippen molar-refractivity contribution in [2.24, 2.45) is 5.10 Å². The van der Waals surface area contributed by atoms with Crippen LogP contribution in [-0.4, -0.2) is 23.4 Å². The third-order valence-corrected chi connectivity index (χ3v) is 2.83. The molecule has 1 aliphatic heterocycles. The van der Waals surface area contributed by atoms with E-state index in [9.17, 15) is 0 Å². The van der Waals surface area contributed by atoms with Crippen LogP contribution in [0.5, 0.6) is 0 Å². The Kier molecular flexibility index (Phi) is 2.97. The number of nitrogens with one attached hydrogen (secondary N) is 1. The van der Waals surface area contributed by atoms with Gasteiger partial charge in [0.1, 0.15) is 0 Å². The third-order valence-electron chi connectivity index (χ3n) is 2.44. The molecule has 1 aliphatic rings. The summed E-state index contributed by atoms with van der Waals surface area (Å²) in [5.74, 6) is 0. The summed E-state index contributed by atoms with van der Waals surface area (Å²) in [6.07, 6.45) is 2.81. The molecule has 0 aromatic heterocycles. The summed E-state index contributed by atoms with van der Waals surface area (Å²) in [5.41, 5.74) is 1.24. The van der Waals surface area contributed by atoms with E-state index in [0.29, 0.717) is 5.11 Å². The molecule has 1 aromatic rings. The molecule has 78 valence electrons. The van der Waals surface area contributed by atoms with Gasteiger partial charge in [0, 0.05) is 19.7 Å². The topological polar surface area (TPSA) is 27.6 Å². The Hall–Kier alpha value is -1.42. The van der Waals surface area contributed by atoms with Crippen LogP contribution >= 0.6 is 12.2 Å². The van der Waals surface area contributed by atoms with Crippen LogP contribution in [0.4, 0.5) is 0 Å². The van der Waals surface area contributed by atoms with E-state index in [1.54, 1.807) is 0 Å². The summed E-state index contributed by atoms with van der Waals surface area (Å²) < 4.78 is 0. The number of thiocarbonyl (C=S) groups is 1. The normalized spacial score (nSPS) is 19.3. The molecule has 1 heterocycles. The average molecular weight is 219 g/mol. The zero-order chi connectivity index (χ0) is 10.7. The summed E-state index contributed by atoms with van der Waals surface area (Å²) in [6.45, 7) is 0. The Labute approximate surface area is 94.8 Å². The maximum Gasteiger partial charge on any atom is 0.189 e. The number of nitrogens with zero attached hydrogens (tertiary/aromatic N) is 2. The van der Waals surface area contributed by atoms with E-state index in [-0.39, 0.29) is 6.04 Å². The molecule has 0 aliphatic carbocycles. The first-order valence-electron chi connectivity index (χ1n) is 4.91. The van der Waals surface area contributed by atoms with E-state index in [2.05, 4.69) is 22.6 Å². The lowest BCUT2D eigenvalue weighted by atomic mass is 10.1. The Morgan fingerprint density at radius 3 is 2.87 bits per heavy atom. The molecule has 0 radical (unpaired) electrons. The van der Waals surface area contributed by atoms with E-state index >= 15 is 0 Å². The van der Waals surface area contributed by atoms with Crippen LogP contribution in [0.1, 0.15) is 18.0 Å². The molecule has 2 rings (SSSR count). The van der Waals surface area contributed by atoms with Crippen molar-refractivity contribution in [3.05, 3.63) is 35.9 Å². The van der Waals surface area contributed by atoms with Gasteiger partial charge in [-0.05, 0) is 17.8 Å². The van der Waals surface area contributed by atoms with Gasteiger partial charge in [0.15, 0.2) is 5.11 Å². The number of benzene rings is 1. The molecule has 0 fully saturated rings. The van der Waals surface area contributed by atoms with Crippen molar-refractivity contribution in [2.75, 3.05) is 7.05 Å². The van der Waals surface area contributed by atoms with Crippen molar-refractivity contribution in [1.29, 1.82) is 0 Å². The van der Waals surface area contributed by atoms with Gasteiger partial charge in [-0.15, -0.1) is 0 Å². The highest BCUT2D eigenvalue weighted by atomic mass is 32.1. The van der Waals surface area contributed by atoms with Crippen molar-refractivity contribution in [3.8, 4) is 0 Å². The second-order valence-electron chi connectivity index (χ2n) is 3.36. The second kappa shape index (κ2) is 4.40. The standard InChI is InChI=1S/C11H13N3S/c1-12-11(15)14-10(7-8-13-14)9-5-3-2-4-6-9/h2-6,8,10H,7H2,1H3,(H,12,15). The quantitative estimate of drug-likeness (QED) is 0.731. The lowest BCUT2D eigenvalue weighted by Gasteiger charge is -2.23. The Bertz CT molecular complexity index is 375. The van der Waals surface area contributed by atoms with E-state index in [4.69, 9.17) is 12.2 Å².